The number of aliphatic hydroxyl groups excluding tert-OH is 1. The summed E-state index contributed by atoms with van der Waals surface area (Å²) in [5.41, 5.74) is 4.26. The molecule has 2 saturated heterocycles. The Morgan fingerprint density at radius 2 is 1.81 bits per heavy atom. The van der Waals surface area contributed by atoms with E-state index in [-0.39, 0.29) is 19.9 Å². The fraction of sp³-hybridized carbons (Fsp3) is 0.469. The molecule has 47 heavy (non-hydrogen) atoms. The smallest absolute Gasteiger partial charge is 0.301 e. The van der Waals surface area contributed by atoms with Gasteiger partial charge in [0.2, 0.25) is 5.88 Å². The Morgan fingerprint density at radius 3 is 2.51 bits per heavy atom. The van der Waals surface area contributed by atoms with Crippen molar-refractivity contribution in [3.8, 4) is 34.4 Å². The number of ether oxygens (including phenoxy) is 5. The lowest BCUT2D eigenvalue weighted by Gasteiger charge is -2.19. The molecule has 12 nitrogen and oxygen atoms in total. The van der Waals surface area contributed by atoms with E-state index in [1.165, 1.54) is 0 Å². The fourth-order valence-corrected chi connectivity index (χ4v) is 7.13. The number of benzene rings is 1. The molecule has 0 radical (unpaired) electrons. The number of nitrogens with zero attached hydrogens (tertiary/aromatic N) is 5. The summed E-state index contributed by atoms with van der Waals surface area (Å²) in [6, 6.07) is 14.1. The number of hydrogen-bond donors (Lipinski definition) is 1. The number of methoxy groups -OCH3 is 1. The number of hydrogen-bond acceptors (Lipinski definition) is 11. The third-order valence-electron chi connectivity index (χ3n) is 7.89. The van der Waals surface area contributed by atoms with Gasteiger partial charge in [0.1, 0.15) is 30.6 Å². The first-order chi connectivity index (χ1) is 22.3. The van der Waals surface area contributed by atoms with Crippen LogP contribution < -0.4 is 9.47 Å². The Balaban J connectivity index is 1.34. The van der Waals surface area contributed by atoms with E-state index in [1.54, 1.807) is 30.3 Å². The largest absolute Gasteiger partial charge is 0.480 e. The Kier molecular flexibility index (Phi) is 9.64. The summed E-state index contributed by atoms with van der Waals surface area (Å²) in [7, 11) is -2.04. The highest BCUT2D eigenvalue weighted by Crippen LogP contribution is 2.38. The summed E-state index contributed by atoms with van der Waals surface area (Å²) in [6.07, 6.45) is 1.20. The van der Waals surface area contributed by atoms with E-state index in [1.807, 2.05) is 36.4 Å². The van der Waals surface area contributed by atoms with Crippen LogP contribution in [0.4, 0.5) is 5.69 Å². The van der Waals surface area contributed by atoms with Crippen LogP contribution in [0.15, 0.2) is 46.8 Å². The number of fused-ring (bicyclic) bond motifs is 2. The normalized spacial score (nSPS) is 21.3. The molecule has 2 aliphatic rings. The minimum Gasteiger partial charge on any atom is -0.480 e. The summed E-state index contributed by atoms with van der Waals surface area (Å²) in [5, 5.41) is 10.6. The Hall–Kier alpha value is -3.11. The van der Waals surface area contributed by atoms with Gasteiger partial charge in [-0.25, -0.2) is 14.2 Å². The van der Waals surface area contributed by atoms with Gasteiger partial charge in [-0.15, -0.1) is 0 Å². The molecular formula is C32H40ClN5O7SSi. The fourth-order valence-electron chi connectivity index (χ4n) is 5.50. The van der Waals surface area contributed by atoms with Crippen molar-refractivity contribution < 1.29 is 33.0 Å². The SMILES string of the molecule is COc1nc(-c2ccc(N=S(C)(C)=O)cc2)ccc1-c1nc2c(cc1Cl)nc(O[C@@H]1CO[C@H]3[C@@H]1OC[C@H]3O)n2COCC[Si](C)(C)C. The van der Waals surface area contributed by atoms with Crippen molar-refractivity contribution in [3.63, 3.8) is 0 Å². The predicted octanol–water partition coefficient (Wildman–Crippen LogP) is 5.40. The van der Waals surface area contributed by atoms with Gasteiger partial charge >= 0.3 is 6.01 Å². The molecule has 3 aromatic heterocycles. The lowest BCUT2D eigenvalue weighted by molar-refractivity contribution is 0.00336. The lowest BCUT2D eigenvalue weighted by atomic mass is 10.1. The molecule has 0 aliphatic carbocycles. The first-order valence-electron chi connectivity index (χ1n) is 15.3. The van der Waals surface area contributed by atoms with Gasteiger partial charge in [-0.1, -0.05) is 43.4 Å². The zero-order valence-electron chi connectivity index (χ0n) is 27.3. The van der Waals surface area contributed by atoms with Crippen molar-refractivity contribution in [1.29, 1.82) is 0 Å². The Morgan fingerprint density at radius 1 is 1.06 bits per heavy atom. The van der Waals surface area contributed by atoms with Crippen molar-refractivity contribution in [1.82, 2.24) is 19.5 Å². The molecule has 4 atom stereocenters. The average molecular weight is 702 g/mol. The van der Waals surface area contributed by atoms with Crippen LogP contribution in [0.3, 0.4) is 0 Å². The Bertz CT molecular complexity index is 1880. The zero-order chi connectivity index (χ0) is 33.5. The van der Waals surface area contributed by atoms with Gasteiger partial charge in [0.15, 0.2) is 11.8 Å². The number of halogens is 1. The molecule has 6 rings (SSSR count). The van der Waals surface area contributed by atoms with Gasteiger partial charge in [0.05, 0.1) is 48.0 Å². The minimum absolute atomic E-state index is 0.164. The minimum atomic E-state index is -2.27. The van der Waals surface area contributed by atoms with E-state index in [9.17, 15) is 9.32 Å². The van der Waals surface area contributed by atoms with Crippen LogP contribution >= 0.6 is 11.6 Å². The predicted molar refractivity (Wildman–Crippen MR) is 184 cm³/mol. The van der Waals surface area contributed by atoms with Crippen LogP contribution in [0, 0.1) is 0 Å². The average Bonchev–Trinajstić information content (AvgIpc) is 3.68. The first kappa shape index (κ1) is 33.8. The molecule has 0 unspecified atom stereocenters. The molecule has 1 aromatic carbocycles. The second-order valence-electron chi connectivity index (χ2n) is 13.2. The van der Waals surface area contributed by atoms with Crippen molar-refractivity contribution in [2.75, 3.05) is 39.4 Å². The Labute approximate surface area is 280 Å². The topological polar surface area (TPSA) is 139 Å². The van der Waals surface area contributed by atoms with Crippen LogP contribution in [0.1, 0.15) is 0 Å². The maximum absolute atomic E-state index is 12.1. The van der Waals surface area contributed by atoms with Crippen LogP contribution in [0.25, 0.3) is 33.7 Å². The van der Waals surface area contributed by atoms with Crippen LogP contribution in [0.5, 0.6) is 11.9 Å². The molecule has 4 aromatic rings. The van der Waals surface area contributed by atoms with Crippen LogP contribution in [-0.4, -0.2) is 101 Å². The van der Waals surface area contributed by atoms with E-state index in [0.29, 0.717) is 57.3 Å². The summed E-state index contributed by atoms with van der Waals surface area (Å²) in [4.78, 5) is 14.4. The number of pyridine rings is 2. The van der Waals surface area contributed by atoms with Crippen LogP contribution in [-0.2, 0) is 30.7 Å². The third-order valence-corrected chi connectivity index (χ3v) is 10.5. The monoisotopic (exact) mass is 701 g/mol. The highest BCUT2D eigenvalue weighted by molar-refractivity contribution is 7.92. The van der Waals surface area contributed by atoms with E-state index >= 15 is 0 Å². The quantitative estimate of drug-likeness (QED) is 0.160. The third kappa shape index (κ3) is 7.64. The number of imidazole rings is 1. The molecule has 15 heteroatoms. The van der Waals surface area contributed by atoms with Crippen molar-refractivity contribution in [2.45, 2.75) is 56.8 Å². The van der Waals surface area contributed by atoms with Gasteiger partial charge in [-0.05, 0) is 36.4 Å². The molecule has 252 valence electrons. The molecule has 0 bridgehead atoms. The van der Waals surface area contributed by atoms with E-state index in [4.69, 9.17) is 50.2 Å². The number of aliphatic hydroxyl groups is 1. The summed E-state index contributed by atoms with van der Waals surface area (Å²) >= 11 is 6.83. The van der Waals surface area contributed by atoms with Crippen LogP contribution in [0.2, 0.25) is 30.7 Å². The molecule has 1 N–H and O–H groups in total. The standard InChI is InChI=1S/C32H40ClN5O7SSi/c1-41-31-21(11-12-23(34-31)19-7-9-20(10-8-19)37-46(2,3)40)27-22(33)15-24-30(36-27)38(18-42-13-14-47(4,5)6)32(35-24)45-26-17-44-28-25(39)16-43-29(26)28/h7-12,15,25-26,28-29,39H,13-14,16-18H2,1-6H3/t25-,26-,28-,29-/m1/s1. The molecule has 5 heterocycles. The van der Waals surface area contributed by atoms with Crippen molar-refractivity contribution >= 4 is 46.3 Å². The maximum Gasteiger partial charge on any atom is 0.301 e. The zero-order valence-corrected chi connectivity index (χ0v) is 29.9. The van der Waals surface area contributed by atoms with Gasteiger partial charge in [-0.3, -0.25) is 4.57 Å². The number of rotatable bonds is 11. The van der Waals surface area contributed by atoms with Gasteiger partial charge in [0.25, 0.3) is 0 Å². The van der Waals surface area contributed by atoms with Crippen molar-refractivity contribution in [2.24, 2.45) is 4.36 Å². The highest BCUT2D eigenvalue weighted by atomic mass is 35.5. The molecule has 2 fully saturated rings. The first-order valence-corrected chi connectivity index (χ1v) is 21.8. The summed E-state index contributed by atoms with van der Waals surface area (Å²) < 4.78 is 47.9. The van der Waals surface area contributed by atoms with E-state index in [0.717, 1.165) is 11.6 Å². The molecular weight excluding hydrogens is 662 g/mol. The second kappa shape index (κ2) is 13.4. The molecule has 0 spiro atoms. The molecule has 0 saturated carbocycles. The van der Waals surface area contributed by atoms with Gasteiger partial charge in [0, 0.05) is 42.5 Å². The van der Waals surface area contributed by atoms with Gasteiger partial charge < -0.3 is 28.8 Å². The van der Waals surface area contributed by atoms with Crippen molar-refractivity contribution in [3.05, 3.63) is 47.5 Å². The lowest BCUT2D eigenvalue weighted by Crippen LogP contribution is -2.35. The second-order valence-corrected chi connectivity index (χ2v) is 21.8. The number of aromatic nitrogens is 4. The van der Waals surface area contributed by atoms with Gasteiger partial charge in [-0.2, -0.15) is 9.35 Å². The maximum atomic E-state index is 12.1. The van der Waals surface area contributed by atoms with E-state index in [2.05, 4.69) is 24.0 Å². The molecule has 0 amide bonds. The van der Waals surface area contributed by atoms with E-state index < -0.39 is 42.2 Å². The summed E-state index contributed by atoms with van der Waals surface area (Å²) in [5.74, 6) is 0.343. The summed E-state index contributed by atoms with van der Waals surface area (Å²) in [6.45, 7) is 8.11. The highest BCUT2D eigenvalue weighted by Gasteiger charge is 2.49. The molecule has 2 aliphatic heterocycles.